The van der Waals surface area contributed by atoms with Crippen LogP contribution in [0, 0.1) is 34.6 Å². The van der Waals surface area contributed by atoms with Crippen LogP contribution in [-0.2, 0) is 5.75 Å². The molecule has 0 aliphatic carbocycles. The summed E-state index contributed by atoms with van der Waals surface area (Å²) in [5, 5.41) is 4.75. The Bertz CT molecular complexity index is 1050. The average Bonchev–Trinajstić information content (AvgIpc) is 3.22. The van der Waals surface area contributed by atoms with Crippen LogP contribution in [0.1, 0.15) is 56.6 Å². The summed E-state index contributed by atoms with van der Waals surface area (Å²) in [5.74, 6) is 0.939. The fraction of sp³-hybridized carbons (Fsp3) is 0.296. The molecule has 2 atom stereocenters. The number of amidine groups is 1. The normalized spacial score (nSPS) is 17.6. The van der Waals surface area contributed by atoms with Crippen molar-refractivity contribution in [1.29, 1.82) is 0 Å². The molecule has 4 heteroatoms. The summed E-state index contributed by atoms with van der Waals surface area (Å²) >= 11 is 1.82. The number of halogens is 1. The van der Waals surface area contributed by atoms with Gasteiger partial charge in [-0.3, -0.25) is 4.99 Å². The quantitative estimate of drug-likeness (QED) is 0.450. The van der Waals surface area contributed by atoms with Crippen LogP contribution in [0.25, 0.3) is 0 Å². The second-order valence-electron chi connectivity index (χ2n) is 8.21. The molecule has 4 rings (SSSR count). The largest absolute Gasteiger partial charge is 0.356 e. The average molecular weight is 451 g/mol. The molecule has 0 amide bonds. The van der Waals surface area contributed by atoms with Gasteiger partial charge in [0.25, 0.3) is 0 Å². The van der Waals surface area contributed by atoms with Crippen LogP contribution < -0.4 is 5.32 Å². The predicted octanol–water partition coefficient (Wildman–Crippen LogP) is 7.33. The molecule has 0 radical (unpaired) electrons. The zero-order valence-electron chi connectivity index (χ0n) is 18.9. The molecule has 31 heavy (non-hydrogen) atoms. The van der Waals surface area contributed by atoms with Crippen molar-refractivity contribution < 1.29 is 0 Å². The van der Waals surface area contributed by atoms with Gasteiger partial charge in [-0.2, -0.15) is 0 Å². The molecule has 0 aromatic heterocycles. The van der Waals surface area contributed by atoms with E-state index in [1.165, 1.54) is 44.5 Å². The number of thioether (sulfide) groups is 1. The van der Waals surface area contributed by atoms with E-state index in [-0.39, 0.29) is 24.5 Å². The summed E-state index contributed by atoms with van der Waals surface area (Å²) in [7, 11) is 0. The second-order valence-corrected chi connectivity index (χ2v) is 9.18. The van der Waals surface area contributed by atoms with E-state index in [0.29, 0.717) is 0 Å². The van der Waals surface area contributed by atoms with E-state index in [9.17, 15) is 0 Å². The summed E-state index contributed by atoms with van der Waals surface area (Å²) in [5.41, 5.74) is 11.1. The van der Waals surface area contributed by atoms with Gasteiger partial charge in [0.05, 0.1) is 6.04 Å². The van der Waals surface area contributed by atoms with Crippen molar-refractivity contribution >= 4 is 29.3 Å². The Morgan fingerprint density at radius 2 is 1.19 bits per heavy atom. The lowest BCUT2D eigenvalue weighted by Gasteiger charge is -2.20. The number of hydrogen-bond acceptors (Lipinski definition) is 3. The summed E-state index contributed by atoms with van der Waals surface area (Å²) in [6.07, 6.45) is 0. The molecule has 0 bridgehead atoms. The Labute approximate surface area is 197 Å². The number of hydrogen-bond donors (Lipinski definition) is 1. The third kappa shape index (κ3) is 4.68. The van der Waals surface area contributed by atoms with Gasteiger partial charge in [0, 0.05) is 5.75 Å². The van der Waals surface area contributed by atoms with Gasteiger partial charge in [-0.15, -0.1) is 12.4 Å². The summed E-state index contributed by atoms with van der Waals surface area (Å²) in [4.78, 5) is 5.12. The minimum atomic E-state index is 0. The molecule has 1 aliphatic rings. The topological polar surface area (TPSA) is 24.4 Å². The maximum atomic E-state index is 5.12. The molecule has 1 heterocycles. The van der Waals surface area contributed by atoms with Crippen LogP contribution in [0.15, 0.2) is 65.7 Å². The molecule has 0 unspecified atom stereocenters. The maximum Gasteiger partial charge on any atom is 0.158 e. The fourth-order valence-electron chi connectivity index (χ4n) is 4.31. The smallest absolute Gasteiger partial charge is 0.158 e. The van der Waals surface area contributed by atoms with Gasteiger partial charge in [0.15, 0.2) is 5.17 Å². The van der Waals surface area contributed by atoms with Crippen molar-refractivity contribution in [2.75, 3.05) is 0 Å². The van der Waals surface area contributed by atoms with E-state index in [4.69, 9.17) is 4.99 Å². The van der Waals surface area contributed by atoms with Crippen molar-refractivity contribution in [3.63, 3.8) is 0 Å². The SMILES string of the molecule is Cc1c(C)c(C)c(CSC2=N[C@@H](c3ccccc3)[C@@H](c3ccccc3)N2)c(C)c1C.Cl. The first kappa shape index (κ1) is 23.4. The number of nitrogens with one attached hydrogen (secondary N) is 1. The summed E-state index contributed by atoms with van der Waals surface area (Å²) in [6, 6.07) is 21.6. The lowest BCUT2D eigenvalue weighted by atomic mass is 9.90. The lowest BCUT2D eigenvalue weighted by molar-refractivity contribution is 0.573. The highest BCUT2D eigenvalue weighted by Crippen LogP contribution is 2.38. The van der Waals surface area contributed by atoms with Crippen molar-refractivity contribution in [1.82, 2.24) is 5.32 Å². The van der Waals surface area contributed by atoms with Crippen LogP contribution in [0.2, 0.25) is 0 Å². The van der Waals surface area contributed by atoms with Crippen LogP contribution in [0.3, 0.4) is 0 Å². The monoisotopic (exact) mass is 450 g/mol. The molecule has 0 saturated heterocycles. The van der Waals surface area contributed by atoms with Crippen LogP contribution >= 0.6 is 24.2 Å². The minimum Gasteiger partial charge on any atom is -0.356 e. The fourth-order valence-corrected chi connectivity index (χ4v) is 5.42. The molecule has 162 valence electrons. The third-order valence-electron chi connectivity index (χ3n) is 6.66. The Balaban J connectivity index is 0.00000272. The molecule has 1 N–H and O–H groups in total. The van der Waals surface area contributed by atoms with E-state index in [2.05, 4.69) is 101 Å². The highest BCUT2D eigenvalue weighted by Gasteiger charge is 2.31. The first-order valence-electron chi connectivity index (χ1n) is 10.6. The van der Waals surface area contributed by atoms with Crippen molar-refractivity contribution in [3.8, 4) is 0 Å². The van der Waals surface area contributed by atoms with Gasteiger partial charge < -0.3 is 5.32 Å². The molecule has 0 fully saturated rings. The Morgan fingerprint density at radius 3 is 1.74 bits per heavy atom. The standard InChI is InChI=1S/C27H30N2S.ClH/c1-17-18(2)20(4)24(21(5)19(17)3)16-30-27-28-25(22-12-8-6-9-13-22)26(29-27)23-14-10-7-11-15-23;/h6-15,25-26H,16H2,1-5H3,(H,28,29);1H/t25-,26+;. The number of benzene rings is 3. The summed E-state index contributed by atoms with van der Waals surface area (Å²) in [6.45, 7) is 11.2. The van der Waals surface area contributed by atoms with Crippen molar-refractivity contribution in [2.45, 2.75) is 52.5 Å². The molecular weight excluding hydrogens is 420 g/mol. The highest BCUT2D eigenvalue weighted by atomic mass is 35.5. The van der Waals surface area contributed by atoms with E-state index >= 15 is 0 Å². The van der Waals surface area contributed by atoms with E-state index in [1.54, 1.807) is 0 Å². The second kappa shape index (κ2) is 9.93. The molecule has 3 aromatic rings. The minimum absolute atomic E-state index is 0. The zero-order valence-corrected chi connectivity index (χ0v) is 20.5. The Kier molecular flexibility index (Phi) is 7.51. The van der Waals surface area contributed by atoms with Gasteiger partial charge in [0.2, 0.25) is 0 Å². The maximum absolute atomic E-state index is 5.12. The van der Waals surface area contributed by atoms with E-state index in [1.807, 2.05) is 11.8 Å². The lowest BCUT2D eigenvalue weighted by Crippen LogP contribution is -2.22. The van der Waals surface area contributed by atoms with Gasteiger partial charge in [-0.1, -0.05) is 72.4 Å². The molecule has 1 aliphatic heterocycles. The first-order chi connectivity index (χ1) is 14.5. The zero-order chi connectivity index (χ0) is 21.3. The Hall–Kier alpha value is -2.23. The summed E-state index contributed by atoms with van der Waals surface area (Å²) < 4.78 is 0. The van der Waals surface area contributed by atoms with Gasteiger partial charge in [0.1, 0.15) is 6.04 Å². The van der Waals surface area contributed by atoms with Crippen molar-refractivity contribution in [2.24, 2.45) is 4.99 Å². The molecule has 2 nitrogen and oxygen atoms in total. The van der Waals surface area contributed by atoms with Crippen LogP contribution in [-0.4, -0.2) is 5.17 Å². The molecule has 0 spiro atoms. The van der Waals surface area contributed by atoms with Crippen molar-refractivity contribution in [3.05, 3.63) is 105 Å². The molecule has 3 aromatic carbocycles. The number of rotatable bonds is 4. The number of nitrogens with zero attached hydrogens (tertiary/aromatic N) is 1. The van der Waals surface area contributed by atoms with Crippen LogP contribution in [0.4, 0.5) is 0 Å². The van der Waals surface area contributed by atoms with E-state index in [0.717, 1.165) is 10.9 Å². The third-order valence-corrected chi connectivity index (χ3v) is 7.59. The Morgan fingerprint density at radius 1 is 0.710 bits per heavy atom. The number of aliphatic imine (C=N–C) groups is 1. The highest BCUT2D eigenvalue weighted by molar-refractivity contribution is 8.13. The van der Waals surface area contributed by atoms with Crippen LogP contribution in [0.5, 0.6) is 0 Å². The predicted molar refractivity (Wildman–Crippen MR) is 138 cm³/mol. The van der Waals surface area contributed by atoms with Gasteiger partial charge in [-0.05, 0) is 79.1 Å². The first-order valence-corrected chi connectivity index (χ1v) is 11.6. The molecule has 0 saturated carbocycles. The van der Waals surface area contributed by atoms with Gasteiger partial charge >= 0.3 is 0 Å². The van der Waals surface area contributed by atoms with E-state index < -0.39 is 0 Å². The molecular formula is C27H31ClN2S. The van der Waals surface area contributed by atoms with Gasteiger partial charge in [-0.25, -0.2) is 0 Å².